The molecule has 1 atom stereocenters. The third-order valence-corrected chi connectivity index (χ3v) is 4.40. The first-order valence-corrected chi connectivity index (χ1v) is 6.88. The highest BCUT2D eigenvalue weighted by Gasteiger charge is 2.36. The highest BCUT2D eigenvalue weighted by atomic mass is 79.9. The first kappa shape index (κ1) is 11.9. The van der Waals surface area contributed by atoms with Gasteiger partial charge in [-0.3, -0.25) is 0 Å². The zero-order chi connectivity index (χ0) is 12.9. The molecule has 0 amide bonds. The van der Waals surface area contributed by atoms with E-state index in [1.165, 1.54) is 11.1 Å². The van der Waals surface area contributed by atoms with Gasteiger partial charge in [0.1, 0.15) is 6.10 Å². The molecule has 0 spiro atoms. The topological polar surface area (TPSA) is 20.2 Å². The monoisotopic (exact) mass is 302 g/mol. The molecule has 2 aromatic rings. The van der Waals surface area contributed by atoms with Crippen LogP contribution in [0.1, 0.15) is 42.2 Å². The van der Waals surface area contributed by atoms with E-state index in [9.17, 15) is 5.11 Å². The summed E-state index contributed by atoms with van der Waals surface area (Å²) in [6.07, 6.45) is -0.526. The average molecular weight is 303 g/mol. The Labute approximate surface area is 116 Å². The second-order valence-electron chi connectivity index (χ2n) is 5.35. The van der Waals surface area contributed by atoms with Gasteiger partial charge in [0, 0.05) is 9.89 Å². The predicted octanol–water partition coefficient (Wildman–Crippen LogP) is 4.17. The van der Waals surface area contributed by atoms with Gasteiger partial charge in [-0.05, 0) is 34.4 Å². The summed E-state index contributed by atoms with van der Waals surface area (Å²) in [6.45, 7) is 4.43. The van der Waals surface area contributed by atoms with Crippen molar-refractivity contribution in [1.29, 1.82) is 0 Å². The van der Waals surface area contributed by atoms with Gasteiger partial charge in [-0.2, -0.15) is 0 Å². The minimum absolute atomic E-state index is 0.0636. The molecule has 1 N–H and O–H groups in total. The van der Waals surface area contributed by atoms with Gasteiger partial charge in [-0.1, -0.05) is 60.1 Å². The van der Waals surface area contributed by atoms with Crippen LogP contribution in [0.15, 0.2) is 46.9 Å². The molecule has 1 aliphatic rings. The Kier molecular flexibility index (Phi) is 2.61. The van der Waals surface area contributed by atoms with E-state index in [2.05, 4.69) is 41.9 Å². The lowest BCUT2D eigenvalue weighted by Gasteiger charge is -2.37. The molecule has 0 aliphatic heterocycles. The number of aliphatic hydroxyl groups excluding tert-OH is 1. The average Bonchev–Trinajstić information content (AvgIpc) is 2.36. The number of rotatable bonds is 0. The van der Waals surface area contributed by atoms with Crippen LogP contribution in [0.2, 0.25) is 0 Å². The maximum Gasteiger partial charge on any atom is 0.105 e. The minimum Gasteiger partial charge on any atom is -0.384 e. The lowest BCUT2D eigenvalue weighted by molar-refractivity contribution is 0.210. The van der Waals surface area contributed by atoms with E-state index in [1.807, 2.05) is 30.3 Å². The number of fused-ring (bicyclic) bond motifs is 2. The van der Waals surface area contributed by atoms with Crippen LogP contribution >= 0.6 is 15.9 Å². The van der Waals surface area contributed by atoms with E-state index in [-0.39, 0.29) is 5.41 Å². The Morgan fingerprint density at radius 3 is 2.44 bits per heavy atom. The van der Waals surface area contributed by atoms with E-state index in [4.69, 9.17) is 0 Å². The number of hydrogen-bond acceptors (Lipinski definition) is 1. The molecule has 3 rings (SSSR count). The lowest BCUT2D eigenvalue weighted by Crippen LogP contribution is -2.29. The second-order valence-corrected chi connectivity index (χ2v) is 6.26. The summed E-state index contributed by atoms with van der Waals surface area (Å²) in [5, 5.41) is 10.5. The van der Waals surface area contributed by atoms with Crippen LogP contribution in [0.3, 0.4) is 0 Å². The zero-order valence-electron chi connectivity index (χ0n) is 10.4. The Balaban J connectivity index is 2.33. The van der Waals surface area contributed by atoms with Gasteiger partial charge < -0.3 is 5.11 Å². The van der Waals surface area contributed by atoms with Crippen LogP contribution in [0.25, 0.3) is 0 Å². The van der Waals surface area contributed by atoms with Gasteiger partial charge in [0.25, 0.3) is 0 Å². The highest BCUT2D eigenvalue weighted by Crippen LogP contribution is 2.46. The van der Waals surface area contributed by atoms with Crippen LogP contribution in [0.4, 0.5) is 0 Å². The molecule has 0 saturated heterocycles. The lowest BCUT2D eigenvalue weighted by atomic mass is 9.68. The minimum atomic E-state index is -0.526. The summed E-state index contributed by atoms with van der Waals surface area (Å²) in [4.78, 5) is 0. The Hall–Kier alpha value is -1.12. The van der Waals surface area contributed by atoms with Gasteiger partial charge in [-0.25, -0.2) is 0 Å². The van der Waals surface area contributed by atoms with Crippen molar-refractivity contribution in [1.82, 2.24) is 0 Å². The molecule has 0 saturated carbocycles. The number of hydrogen-bond donors (Lipinski definition) is 1. The van der Waals surface area contributed by atoms with E-state index < -0.39 is 6.10 Å². The van der Waals surface area contributed by atoms with E-state index in [0.717, 1.165) is 15.6 Å². The normalized spacial score (nSPS) is 20.1. The van der Waals surface area contributed by atoms with Crippen molar-refractivity contribution < 1.29 is 5.11 Å². The van der Waals surface area contributed by atoms with Crippen LogP contribution in [0.5, 0.6) is 0 Å². The van der Waals surface area contributed by atoms with E-state index in [0.29, 0.717) is 0 Å². The summed E-state index contributed by atoms with van der Waals surface area (Å²) in [5.41, 5.74) is 4.39. The summed E-state index contributed by atoms with van der Waals surface area (Å²) in [7, 11) is 0. The molecule has 0 radical (unpaired) electrons. The molecule has 2 heteroatoms. The summed E-state index contributed by atoms with van der Waals surface area (Å²) in [6, 6.07) is 14.3. The number of benzene rings is 2. The summed E-state index contributed by atoms with van der Waals surface area (Å²) >= 11 is 3.48. The fourth-order valence-electron chi connectivity index (χ4n) is 2.95. The van der Waals surface area contributed by atoms with Crippen molar-refractivity contribution in [2.75, 3.05) is 0 Å². The molecule has 1 aliphatic carbocycles. The smallest absolute Gasteiger partial charge is 0.105 e. The van der Waals surface area contributed by atoms with Crippen molar-refractivity contribution >= 4 is 15.9 Å². The molecule has 1 unspecified atom stereocenters. The Morgan fingerprint density at radius 2 is 1.67 bits per heavy atom. The molecular formula is C16H15BrO. The molecule has 0 heterocycles. The SMILES string of the molecule is CC1(C)c2ccccc2C(O)c2cc(Br)ccc21. The third-order valence-electron chi connectivity index (χ3n) is 3.91. The largest absolute Gasteiger partial charge is 0.384 e. The molecule has 0 aromatic heterocycles. The second kappa shape index (κ2) is 3.94. The van der Waals surface area contributed by atoms with Crippen LogP contribution in [-0.4, -0.2) is 5.11 Å². The van der Waals surface area contributed by atoms with Crippen molar-refractivity contribution in [3.05, 3.63) is 69.2 Å². The van der Waals surface area contributed by atoms with Gasteiger partial charge >= 0.3 is 0 Å². The summed E-state index contributed by atoms with van der Waals surface area (Å²) in [5.74, 6) is 0. The van der Waals surface area contributed by atoms with E-state index in [1.54, 1.807) is 0 Å². The van der Waals surface area contributed by atoms with Gasteiger partial charge in [0.15, 0.2) is 0 Å². The van der Waals surface area contributed by atoms with Crippen molar-refractivity contribution in [2.45, 2.75) is 25.4 Å². The maximum absolute atomic E-state index is 10.5. The van der Waals surface area contributed by atoms with Crippen LogP contribution < -0.4 is 0 Å². The Morgan fingerprint density at radius 1 is 1.00 bits per heavy atom. The van der Waals surface area contributed by atoms with Crippen molar-refractivity contribution in [3.63, 3.8) is 0 Å². The third kappa shape index (κ3) is 1.56. The number of aliphatic hydroxyl groups is 1. The molecule has 2 aromatic carbocycles. The standard InChI is InChI=1S/C16H15BrO/c1-16(2)13-6-4-3-5-11(13)15(18)12-9-10(17)7-8-14(12)16/h3-9,15,18H,1-2H3. The van der Waals surface area contributed by atoms with Crippen molar-refractivity contribution in [3.8, 4) is 0 Å². The highest BCUT2D eigenvalue weighted by molar-refractivity contribution is 9.10. The summed E-state index contributed by atoms with van der Waals surface area (Å²) < 4.78 is 1.01. The molecule has 18 heavy (non-hydrogen) atoms. The van der Waals surface area contributed by atoms with Crippen molar-refractivity contribution in [2.24, 2.45) is 0 Å². The first-order valence-electron chi connectivity index (χ1n) is 6.09. The molecule has 1 nitrogen and oxygen atoms in total. The number of halogens is 1. The maximum atomic E-state index is 10.5. The van der Waals surface area contributed by atoms with Crippen LogP contribution in [-0.2, 0) is 5.41 Å². The Bertz CT molecular complexity index is 616. The van der Waals surface area contributed by atoms with Gasteiger partial charge in [0.05, 0.1) is 0 Å². The molecule has 0 bridgehead atoms. The van der Waals surface area contributed by atoms with Gasteiger partial charge in [-0.15, -0.1) is 0 Å². The predicted molar refractivity (Wildman–Crippen MR) is 76.8 cm³/mol. The zero-order valence-corrected chi connectivity index (χ0v) is 12.0. The van der Waals surface area contributed by atoms with E-state index >= 15 is 0 Å². The van der Waals surface area contributed by atoms with Crippen LogP contribution in [0, 0.1) is 0 Å². The quantitative estimate of drug-likeness (QED) is 0.774. The first-order chi connectivity index (χ1) is 8.51. The molecule has 92 valence electrons. The molecule has 0 fully saturated rings. The molecular weight excluding hydrogens is 288 g/mol. The van der Waals surface area contributed by atoms with Gasteiger partial charge in [0.2, 0.25) is 0 Å². The fourth-order valence-corrected chi connectivity index (χ4v) is 3.33. The fraction of sp³-hybridized carbons (Fsp3) is 0.250.